The van der Waals surface area contributed by atoms with Crippen molar-refractivity contribution >= 4 is 11.7 Å². The molecule has 3 aromatic carbocycles. The van der Waals surface area contributed by atoms with Crippen molar-refractivity contribution in [1.29, 1.82) is 0 Å². The molecule has 1 aliphatic rings. The van der Waals surface area contributed by atoms with Crippen molar-refractivity contribution in [2.75, 3.05) is 13.1 Å². The van der Waals surface area contributed by atoms with Crippen LogP contribution >= 0.6 is 0 Å². The molecule has 3 heterocycles. The highest BCUT2D eigenvalue weighted by molar-refractivity contribution is 6.09. The van der Waals surface area contributed by atoms with Gasteiger partial charge in [0.1, 0.15) is 11.6 Å². The highest BCUT2D eigenvalue weighted by Crippen LogP contribution is 2.28. The van der Waals surface area contributed by atoms with Gasteiger partial charge < -0.3 is 14.0 Å². The van der Waals surface area contributed by atoms with Gasteiger partial charge in [-0.15, -0.1) is 0 Å². The Morgan fingerprint density at radius 1 is 0.675 bits per heavy atom. The van der Waals surface area contributed by atoms with Gasteiger partial charge in [-0.1, -0.05) is 72.8 Å². The van der Waals surface area contributed by atoms with Gasteiger partial charge in [0, 0.05) is 67.0 Å². The van der Waals surface area contributed by atoms with Crippen LogP contribution in [0.25, 0.3) is 0 Å². The van der Waals surface area contributed by atoms with Crippen molar-refractivity contribution in [3.05, 3.63) is 144 Å². The van der Waals surface area contributed by atoms with Gasteiger partial charge in [-0.25, -0.2) is 9.97 Å². The van der Waals surface area contributed by atoms with Crippen LogP contribution in [0.2, 0.25) is 0 Å². The van der Waals surface area contributed by atoms with E-state index in [0.717, 1.165) is 31.0 Å². The summed E-state index contributed by atoms with van der Waals surface area (Å²) in [5.41, 5.74) is 3.07. The topological polar surface area (TPSA) is 73.0 Å². The first-order valence-corrected chi connectivity index (χ1v) is 13.7. The monoisotopic (exact) mass is 529 g/mol. The zero-order valence-corrected chi connectivity index (χ0v) is 22.3. The second kappa shape index (κ2) is 11.5. The van der Waals surface area contributed by atoms with Crippen molar-refractivity contribution in [3.63, 3.8) is 0 Å². The summed E-state index contributed by atoms with van der Waals surface area (Å²) >= 11 is 0. The van der Waals surface area contributed by atoms with Gasteiger partial charge in [-0.2, -0.15) is 0 Å². The average Bonchev–Trinajstić information content (AvgIpc) is 3.67. The predicted octanol–water partition coefficient (Wildman–Crippen LogP) is 5.43. The highest BCUT2D eigenvalue weighted by Gasteiger charge is 2.27. The number of benzene rings is 3. The van der Waals surface area contributed by atoms with Crippen LogP contribution in [-0.4, -0.2) is 48.8 Å². The van der Waals surface area contributed by atoms with Gasteiger partial charge in [0.2, 0.25) is 0 Å². The molecule has 5 aromatic rings. The van der Waals surface area contributed by atoms with Crippen LogP contribution in [0, 0.1) is 0 Å². The zero-order valence-electron chi connectivity index (χ0n) is 22.3. The Labute approximate surface area is 233 Å². The Morgan fingerprint density at radius 3 is 2.00 bits per heavy atom. The quantitative estimate of drug-likeness (QED) is 0.252. The molecule has 200 valence electrons. The second-order valence-corrected chi connectivity index (χ2v) is 10.2. The molecule has 0 spiro atoms. The minimum absolute atomic E-state index is 0.00319. The first-order valence-electron chi connectivity index (χ1n) is 13.7. The molecule has 1 amide bonds. The Bertz CT molecular complexity index is 1580. The van der Waals surface area contributed by atoms with Crippen molar-refractivity contribution in [1.82, 2.24) is 24.0 Å². The van der Waals surface area contributed by atoms with Crippen LogP contribution in [0.5, 0.6) is 0 Å². The molecule has 7 nitrogen and oxygen atoms in total. The maximum absolute atomic E-state index is 13.2. The summed E-state index contributed by atoms with van der Waals surface area (Å²) in [6, 6.07) is 26.6. The lowest BCUT2D eigenvalue weighted by Gasteiger charge is -2.32. The van der Waals surface area contributed by atoms with Crippen molar-refractivity contribution in [2.24, 2.45) is 0 Å². The molecule has 0 atom stereocenters. The maximum Gasteiger partial charge on any atom is 0.253 e. The first kappa shape index (κ1) is 25.5. The van der Waals surface area contributed by atoms with E-state index >= 15 is 0 Å². The summed E-state index contributed by atoms with van der Waals surface area (Å²) in [4.78, 5) is 37.1. The number of ketones is 1. The van der Waals surface area contributed by atoms with Crippen LogP contribution in [-0.2, 0) is 13.1 Å². The van der Waals surface area contributed by atoms with E-state index in [4.69, 9.17) is 4.98 Å². The third-order valence-electron chi connectivity index (χ3n) is 7.63. The minimum atomic E-state index is -0.0431. The third kappa shape index (κ3) is 5.50. The zero-order chi connectivity index (χ0) is 27.3. The SMILES string of the molecule is O=C(c1ccccc1)c1ccc(C(=O)N2CCC(c3nccn3Cc3nccn3Cc3ccccc3)CC2)cc1. The molecule has 0 radical (unpaired) electrons. The van der Waals surface area contributed by atoms with Gasteiger partial charge in [-0.05, 0) is 30.5 Å². The molecule has 1 aliphatic heterocycles. The molecule has 7 heteroatoms. The minimum Gasteiger partial charge on any atom is -0.339 e. The Balaban J connectivity index is 1.07. The number of likely N-dealkylation sites (tertiary alicyclic amines) is 1. The lowest BCUT2D eigenvalue weighted by Crippen LogP contribution is -2.38. The summed E-state index contributed by atoms with van der Waals surface area (Å²) in [6.07, 6.45) is 9.45. The predicted molar refractivity (Wildman–Crippen MR) is 153 cm³/mol. The number of hydrogen-bond donors (Lipinski definition) is 0. The Morgan fingerprint density at radius 2 is 1.27 bits per heavy atom. The summed E-state index contributed by atoms with van der Waals surface area (Å²) < 4.78 is 4.37. The van der Waals surface area contributed by atoms with Gasteiger partial charge in [0.15, 0.2) is 5.78 Å². The Kier molecular flexibility index (Phi) is 7.35. The number of carbonyl (C=O) groups is 2. The largest absolute Gasteiger partial charge is 0.339 e. The number of aromatic nitrogens is 4. The number of piperidine rings is 1. The molecule has 2 aromatic heterocycles. The van der Waals surface area contributed by atoms with Crippen LogP contribution in [0.3, 0.4) is 0 Å². The fourth-order valence-electron chi connectivity index (χ4n) is 5.43. The maximum atomic E-state index is 13.2. The smallest absolute Gasteiger partial charge is 0.253 e. The molecule has 0 saturated carbocycles. The number of carbonyl (C=O) groups excluding carboxylic acids is 2. The molecule has 40 heavy (non-hydrogen) atoms. The van der Waals surface area contributed by atoms with E-state index in [-0.39, 0.29) is 17.6 Å². The number of rotatable bonds is 8. The summed E-state index contributed by atoms with van der Waals surface area (Å²) in [5.74, 6) is 2.28. The summed E-state index contributed by atoms with van der Waals surface area (Å²) in [5, 5.41) is 0. The van der Waals surface area contributed by atoms with E-state index < -0.39 is 0 Å². The second-order valence-electron chi connectivity index (χ2n) is 10.2. The van der Waals surface area contributed by atoms with Gasteiger partial charge >= 0.3 is 0 Å². The first-order chi connectivity index (χ1) is 19.7. The van der Waals surface area contributed by atoms with E-state index in [1.807, 2.05) is 54.0 Å². The molecular weight excluding hydrogens is 498 g/mol. The molecule has 1 saturated heterocycles. The fourth-order valence-corrected chi connectivity index (χ4v) is 5.43. The van der Waals surface area contributed by atoms with Crippen molar-refractivity contribution in [2.45, 2.75) is 31.8 Å². The normalized spacial score (nSPS) is 13.8. The molecule has 0 N–H and O–H groups in total. The van der Waals surface area contributed by atoms with E-state index in [2.05, 4.69) is 38.4 Å². The van der Waals surface area contributed by atoms with Gasteiger partial charge in [-0.3, -0.25) is 9.59 Å². The standard InChI is InChI=1S/C33H31N5O2/c39-31(26-9-5-2-6-10-26)27-11-13-29(14-12-27)33(40)36-19-15-28(16-20-36)32-35-18-22-38(32)24-30-34-17-21-37(30)23-25-7-3-1-4-8-25/h1-14,17-18,21-22,28H,15-16,19-20,23-24H2. The third-order valence-corrected chi connectivity index (χ3v) is 7.63. The van der Waals surface area contributed by atoms with Gasteiger partial charge in [0.05, 0.1) is 6.54 Å². The van der Waals surface area contributed by atoms with Crippen LogP contribution in [0.4, 0.5) is 0 Å². The van der Waals surface area contributed by atoms with Gasteiger partial charge in [0.25, 0.3) is 5.91 Å². The summed E-state index contributed by atoms with van der Waals surface area (Å²) in [7, 11) is 0. The molecule has 0 bridgehead atoms. The summed E-state index contributed by atoms with van der Waals surface area (Å²) in [6.45, 7) is 2.78. The van der Waals surface area contributed by atoms with Crippen LogP contribution < -0.4 is 0 Å². The molecular formula is C33H31N5O2. The molecule has 1 fully saturated rings. The van der Waals surface area contributed by atoms with Crippen molar-refractivity contribution < 1.29 is 9.59 Å². The highest BCUT2D eigenvalue weighted by atomic mass is 16.2. The number of nitrogens with zero attached hydrogens (tertiary/aromatic N) is 5. The number of imidazole rings is 2. The van der Waals surface area contributed by atoms with E-state index in [9.17, 15) is 9.59 Å². The molecule has 0 aliphatic carbocycles. The van der Waals surface area contributed by atoms with Crippen molar-refractivity contribution in [3.8, 4) is 0 Å². The Hall–Kier alpha value is -4.78. The molecule has 0 unspecified atom stereocenters. The van der Waals surface area contributed by atoms with E-state index in [1.165, 1.54) is 5.56 Å². The van der Waals surface area contributed by atoms with E-state index in [1.54, 1.807) is 36.4 Å². The lowest BCUT2D eigenvalue weighted by atomic mass is 9.95. The average molecular weight is 530 g/mol. The van der Waals surface area contributed by atoms with E-state index in [0.29, 0.717) is 36.3 Å². The molecule has 6 rings (SSSR count). The lowest BCUT2D eigenvalue weighted by molar-refractivity contribution is 0.0710. The van der Waals surface area contributed by atoms with Crippen LogP contribution in [0.15, 0.2) is 110 Å². The fraction of sp³-hybridized carbons (Fsp3) is 0.212. The number of hydrogen-bond acceptors (Lipinski definition) is 4. The number of amides is 1. The van der Waals surface area contributed by atoms with Crippen LogP contribution in [0.1, 0.15) is 62.3 Å².